The third-order valence-electron chi connectivity index (χ3n) is 2.69. The van der Waals surface area contributed by atoms with Crippen LogP contribution in [0.15, 0.2) is 30.3 Å². The SMILES string of the molecule is CCN(c1cccc(F)c1)c1cc(C(F)(F)F)nc(Cl)n1. The van der Waals surface area contributed by atoms with Gasteiger partial charge in [0.15, 0.2) is 5.69 Å². The van der Waals surface area contributed by atoms with Gasteiger partial charge in [-0.15, -0.1) is 0 Å². The summed E-state index contributed by atoms with van der Waals surface area (Å²) in [6, 6.07) is 6.25. The zero-order valence-electron chi connectivity index (χ0n) is 10.8. The van der Waals surface area contributed by atoms with E-state index in [0.29, 0.717) is 5.69 Å². The molecule has 1 aromatic heterocycles. The lowest BCUT2D eigenvalue weighted by Crippen LogP contribution is -2.19. The topological polar surface area (TPSA) is 29.0 Å². The van der Waals surface area contributed by atoms with E-state index in [-0.39, 0.29) is 12.4 Å². The van der Waals surface area contributed by atoms with Crippen LogP contribution < -0.4 is 4.90 Å². The first-order valence-corrected chi connectivity index (χ1v) is 6.34. The Hall–Kier alpha value is -1.89. The summed E-state index contributed by atoms with van der Waals surface area (Å²) in [5.74, 6) is -0.544. The lowest BCUT2D eigenvalue weighted by atomic mass is 10.2. The van der Waals surface area contributed by atoms with Gasteiger partial charge in [0.1, 0.15) is 11.6 Å². The molecule has 0 aliphatic carbocycles. The molecule has 2 aromatic rings. The van der Waals surface area contributed by atoms with Gasteiger partial charge in [-0.05, 0) is 36.7 Å². The molecule has 0 bridgehead atoms. The molecule has 3 nitrogen and oxygen atoms in total. The van der Waals surface area contributed by atoms with Crippen LogP contribution in [0.5, 0.6) is 0 Å². The molecule has 0 saturated carbocycles. The molecule has 0 N–H and O–H groups in total. The molecular formula is C13H10ClF4N3. The van der Waals surface area contributed by atoms with E-state index < -0.39 is 23.0 Å². The lowest BCUT2D eigenvalue weighted by Gasteiger charge is -2.22. The molecule has 1 aromatic carbocycles. The highest BCUT2D eigenvalue weighted by Crippen LogP contribution is 2.32. The van der Waals surface area contributed by atoms with Crippen molar-refractivity contribution in [3.8, 4) is 0 Å². The predicted octanol–water partition coefficient (Wildman–Crippen LogP) is 4.45. The quantitative estimate of drug-likeness (QED) is 0.618. The van der Waals surface area contributed by atoms with Crippen LogP contribution >= 0.6 is 11.6 Å². The van der Waals surface area contributed by atoms with Crippen LogP contribution in [0.4, 0.5) is 29.1 Å². The van der Waals surface area contributed by atoms with E-state index in [1.54, 1.807) is 13.0 Å². The fraction of sp³-hybridized carbons (Fsp3) is 0.231. The smallest absolute Gasteiger partial charge is 0.326 e. The van der Waals surface area contributed by atoms with Crippen LogP contribution in [-0.2, 0) is 6.18 Å². The minimum atomic E-state index is -4.64. The van der Waals surface area contributed by atoms with Gasteiger partial charge in [0.25, 0.3) is 0 Å². The number of aromatic nitrogens is 2. The third-order valence-corrected chi connectivity index (χ3v) is 2.86. The molecule has 1 heterocycles. The first kappa shape index (κ1) is 15.5. The summed E-state index contributed by atoms with van der Waals surface area (Å²) in [4.78, 5) is 8.35. The monoisotopic (exact) mass is 319 g/mol. The summed E-state index contributed by atoms with van der Waals surface area (Å²) in [5, 5.41) is -0.519. The number of anilines is 2. The number of hydrogen-bond acceptors (Lipinski definition) is 3. The Morgan fingerprint density at radius 3 is 2.48 bits per heavy atom. The molecule has 0 atom stereocenters. The average molecular weight is 320 g/mol. The Kier molecular flexibility index (Phi) is 4.32. The van der Waals surface area contributed by atoms with Crippen LogP contribution in [-0.4, -0.2) is 16.5 Å². The van der Waals surface area contributed by atoms with E-state index >= 15 is 0 Å². The molecule has 2 rings (SSSR count). The number of halogens is 5. The van der Waals surface area contributed by atoms with E-state index in [1.807, 2.05) is 0 Å². The van der Waals surface area contributed by atoms with Crippen molar-refractivity contribution >= 4 is 23.1 Å². The van der Waals surface area contributed by atoms with Gasteiger partial charge < -0.3 is 4.90 Å². The molecule has 0 fully saturated rings. The van der Waals surface area contributed by atoms with E-state index in [2.05, 4.69) is 9.97 Å². The van der Waals surface area contributed by atoms with Gasteiger partial charge in [-0.25, -0.2) is 14.4 Å². The average Bonchev–Trinajstić information content (AvgIpc) is 2.38. The maximum absolute atomic E-state index is 13.3. The molecule has 21 heavy (non-hydrogen) atoms. The standard InChI is InChI=1S/C13H10ClF4N3/c1-2-21(9-5-3-4-8(15)6-9)11-7-10(13(16,17)18)19-12(14)20-11/h3-7H,2H2,1H3. The summed E-state index contributed by atoms with van der Waals surface area (Å²) >= 11 is 5.55. The molecule has 0 aliphatic rings. The van der Waals surface area contributed by atoms with Gasteiger partial charge in [-0.2, -0.15) is 13.2 Å². The van der Waals surface area contributed by atoms with E-state index in [9.17, 15) is 17.6 Å². The van der Waals surface area contributed by atoms with Crippen LogP contribution in [0.1, 0.15) is 12.6 Å². The Morgan fingerprint density at radius 2 is 1.90 bits per heavy atom. The first-order valence-electron chi connectivity index (χ1n) is 5.96. The van der Waals surface area contributed by atoms with Crippen LogP contribution in [0.2, 0.25) is 5.28 Å². The summed E-state index contributed by atoms with van der Waals surface area (Å²) in [5.41, 5.74) is -0.771. The first-order chi connectivity index (χ1) is 9.81. The second-order valence-corrected chi connectivity index (χ2v) is 4.44. The number of alkyl halides is 3. The minimum Gasteiger partial charge on any atom is -0.326 e. The largest absolute Gasteiger partial charge is 0.433 e. The second kappa shape index (κ2) is 5.85. The van der Waals surface area contributed by atoms with E-state index in [1.165, 1.54) is 23.1 Å². The van der Waals surface area contributed by atoms with Gasteiger partial charge in [-0.1, -0.05) is 6.07 Å². The molecule has 0 saturated heterocycles. The van der Waals surface area contributed by atoms with Gasteiger partial charge >= 0.3 is 6.18 Å². The Bertz CT molecular complexity index is 646. The van der Waals surface area contributed by atoms with E-state index in [0.717, 1.165) is 6.07 Å². The van der Waals surface area contributed by atoms with Crippen LogP contribution in [0.25, 0.3) is 0 Å². The fourth-order valence-corrected chi connectivity index (χ4v) is 1.99. The van der Waals surface area contributed by atoms with Gasteiger partial charge in [-0.3, -0.25) is 0 Å². The van der Waals surface area contributed by atoms with Crippen molar-refractivity contribution in [2.45, 2.75) is 13.1 Å². The van der Waals surface area contributed by atoms with Crippen molar-refractivity contribution in [2.75, 3.05) is 11.4 Å². The Labute approximate surface area is 123 Å². The molecule has 8 heteroatoms. The molecular weight excluding hydrogens is 310 g/mol. The summed E-state index contributed by atoms with van der Waals surface area (Å²) in [6.07, 6.45) is -4.64. The van der Waals surface area contributed by atoms with Crippen molar-refractivity contribution < 1.29 is 17.6 Å². The summed E-state index contributed by atoms with van der Waals surface area (Å²) < 4.78 is 51.5. The number of rotatable bonds is 3. The highest BCUT2D eigenvalue weighted by Gasteiger charge is 2.34. The molecule has 0 unspecified atom stereocenters. The Balaban J connectivity index is 2.50. The fourth-order valence-electron chi connectivity index (χ4n) is 1.81. The second-order valence-electron chi connectivity index (χ2n) is 4.10. The highest BCUT2D eigenvalue weighted by molar-refractivity contribution is 6.28. The predicted molar refractivity (Wildman–Crippen MR) is 71.1 cm³/mol. The van der Waals surface area contributed by atoms with Crippen molar-refractivity contribution in [1.29, 1.82) is 0 Å². The molecule has 0 amide bonds. The van der Waals surface area contributed by atoms with Crippen LogP contribution in [0, 0.1) is 5.82 Å². The van der Waals surface area contributed by atoms with Crippen LogP contribution in [0.3, 0.4) is 0 Å². The van der Waals surface area contributed by atoms with E-state index in [4.69, 9.17) is 11.6 Å². The molecule has 112 valence electrons. The van der Waals surface area contributed by atoms with Crippen molar-refractivity contribution in [3.63, 3.8) is 0 Å². The summed E-state index contributed by atoms with van der Waals surface area (Å²) in [7, 11) is 0. The zero-order chi connectivity index (χ0) is 15.6. The number of benzene rings is 1. The number of hydrogen-bond donors (Lipinski definition) is 0. The van der Waals surface area contributed by atoms with Gasteiger partial charge in [0.05, 0.1) is 0 Å². The third kappa shape index (κ3) is 3.60. The van der Waals surface area contributed by atoms with Crippen molar-refractivity contribution in [3.05, 3.63) is 47.1 Å². The molecule has 0 aliphatic heterocycles. The maximum Gasteiger partial charge on any atom is 0.433 e. The highest BCUT2D eigenvalue weighted by atomic mass is 35.5. The summed E-state index contributed by atoms with van der Waals surface area (Å²) in [6.45, 7) is 1.99. The Morgan fingerprint density at radius 1 is 1.19 bits per heavy atom. The maximum atomic E-state index is 13.3. The molecule has 0 radical (unpaired) electrons. The molecule has 0 spiro atoms. The van der Waals surface area contributed by atoms with Gasteiger partial charge in [0, 0.05) is 18.3 Å². The number of nitrogens with zero attached hydrogens (tertiary/aromatic N) is 3. The van der Waals surface area contributed by atoms with Gasteiger partial charge in [0.2, 0.25) is 5.28 Å². The zero-order valence-corrected chi connectivity index (χ0v) is 11.6. The normalized spacial score (nSPS) is 11.5. The lowest BCUT2D eigenvalue weighted by molar-refractivity contribution is -0.141. The minimum absolute atomic E-state index is 0.0459. The van der Waals surface area contributed by atoms with Crippen molar-refractivity contribution in [2.24, 2.45) is 0 Å². The van der Waals surface area contributed by atoms with Crippen molar-refractivity contribution in [1.82, 2.24) is 9.97 Å².